The minimum Gasteiger partial charge on any atom is -0.381 e. The first-order valence-corrected chi connectivity index (χ1v) is 8.36. The highest BCUT2D eigenvalue weighted by atomic mass is 16.5. The van der Waals surface area contributed by atoms with E-state index in [9.17, 15) is 0 Å². The van der Waals surface area contributed by atoms with Gasteiger partial charge in [0.15, 0.2) is 0 Å². The van der Waals surface area contributed by atoms with Crippen molar-refractivity contribution in [1.82, 2.24) is 4.90 Å². The predicted molar refractivity (Wildman–Crippen MR) is 86.4 cm³/mol. The van der Waals surface area contributed by atoms with Gasteiger partial charge in [-0.25, -0.2) is 0 Å². The molecule has 2 fully saturated rings. The van der Waals surface area contributed by atoms with E-state index in [0.717, 1.165) is 25.7 Å². The van der Waals surface area contributed by atoms with E-state index in [2.05, 4.69) is 36.2 Å². The monoisotopic (exact) mass is 288 g/mol. The molecule has 1 aliphatic heterocycles. The van der Waals surface area contributed by atoms with Crippen molar-refractivity contribution in [2.24, 2.45) is 11.7 Å². The summed E-state index contributed by atoms with van der Waals surface area (Å²) in [5, 5.41) is 0. The van der Waals surface area contributed by atoms with Crippen LogP contribution in [0.3, 0.4) is 0 Å². The van der Waals surface area contributed by atoms with E-state index < -0.39 is 0 Å². The molecule has 1 heterocycles. The second-order valence-electron chi connectivity index (χ2n) is 6.72. The quantitative estimate of drug-likeness (QED) is 0.874. The Kier molecular flexibility index (Phi) is 4.94. The van der Waals surface area contributed by atoms with Crippen molar-refractivity contribution in [1.29, 1.82) is 0 Å². The Labute approximate surface area is 128 Å². The molecule has 2 N–H and O–H groups in total. The molecule has 116 valence electrons. The minimum atomic E-state index is 0.320. The van der Waals surface area contributed by atoms with Gasteiger partial charge < -0.3 is 10.5 Å². The van der Waals surface area contributed by atoms with Gasteiger partial charge in [0.1, 0.15) is 0 Å². The molecule has 0 radical (unpaired) electrons. The van der Waals surface area contributed by atoms with E-state index >= 15 is 0 Å². The van der Waals surface area contributed by atoms with Crippen molar-refractivity contribution in [3.8, 4) is 0 Å². The van der Waals surface area contributed by atoms with Gasteiger partial charge in [-0.1, -0.05) is 24.3 Å². The SMILES string of the molecule is CN(CC1CCCOC1)C(CN)c1ccc(C2CC2)cc1. The minimum absolute atomic E-state index is 0.320. The summed E-state index contributed by atoms with van der Waals surface area (Å²) in [5.74, 6) is 1.48. The van der Waals surface area contributed by atoms with E-state index in [1.807, 2.05) is 0 Å². The van der Waals surface area contributed by atoms with Gasteiger partial charge in [0.2, 0.25) is 0 Å². The maximum Gasteiger partial charge on any atom is 0.0506 e. The normalized spacial score (nSPS) is 24.2. The summed E-state index contributed by atoms with van der Waals surface area (Å²) in [6.45, 7) is 3.59. The summed E-state index contributed by atoms with van der Waals surface area (Å²) < 4.78 is 5.59. The molecule has 0 spiro atoms. The van der Waals surface area contributed by atoms with Crippen molar-refractivity contribution in [2.45, 2.75) is 37.6 Å². The summed E-state index contributed by atoms with van der Waals surface area (Å²) >= 11 is 0. The van der Waals surface area contributed by atoms with E-state index in [-0.39, 0.29) is 0 Å². The van der Waals surface area contributed by atoms with Crippen molar-refractivity contribution >= 4 is 0 Å². The fourth-order valence-electron chi connectivity index (χ4n) is 3.46. The maximum absolute atomic E-state index is 6.05. The second-order valence-corrected chi connectivity index (χ2v) is 6.72. The Hall–Kier alpha value is -0.900. The molecular weight excluding hydrogens is 260 g/mol. The van der Waals surface area contributed by atoms with Gasteiger partial charge in [0, 0.05) is 25.7 Å². The number of rotatable bonds is 6. The lowest BCUT2D eigenvalue weighted by atomic mass is 9.98. The van der Waals surface area contributed by atoms with Crippen LogP contribution in [0.2, 0.25) is 0 Å². The molecule has 3 heteroatoms. The largest absolute Gasteiger partial charge is 0.381 e. The maximum atomic E-state index is 6.05. The third-order valence-corrected chi connectivity index (χ3v) is 4.93. The molecule has 0 aromatic heterocycles. The van der Waals surface area contributed by atoms with Gasteiger partial charge in [-0.05, 0) is 55.7 Å². The zero-order valence-electron chi connectivity index (χ0n) is 13.1. The highest BCUT2D eigenvalue weighted by Gasteiger charge is 2.24. The third-order valence-electron chi connectivity index (χ3n) is 4.93. The van der Waals surface area contributed by atoms with Crippen LogP contribution in [0.4, 0.5) is 0 Å². The molecule has 1 saturated heterocycles. The van der Waals surface area contributed by atoms with Crippen LogP contribution in [0.5, 0.6) is 0 Å². The molecule has 2 unspecified atom stereocenters. The summed E-state index contributed by atoms with van der Waals surface area (Å²) in [5.41, 5.74) is 8.89. The summed E-state index contributed by atoms with van der Waals surface area (Å²) in [6.07, 6.45) is 5.20. The Morgan fingerprint density at radius 3 is 2.57 bits per heavy atom. The molecule has 1 aromatic rings. The zero-order chi connectivity index (χ0) is 14.7. The lowest BCUT2D eigenvalue weighted by molar-refractivity contribution is 0.0365. The smallest absolute Gasteiger partial charge is 0.0506 e. The van der Waals surface area contributed by atoms with E-state index in [0.29, 0.717) is 18.5 Å². The van der Waals surface area contributed by atoms with Gasteiger partial charge >= 0.3 is 0 Å². The molecule has 1 aromatic carbocycles. The number of likely N-dealkylation sites (N-methyl/N-ethyl adjacent to an activating group) is 1. The molecule has 0 bridgehead atoms. The van der Waals surface area contributed by atoms with Crippen LogP contribution in [0.15, 0.2) is 24.3 Å². The number of benzene rings is 1. The van der Waals surface area contributed by atoms with Gasteiger partial charge in [-0.15, -0.1) is 0 Å². The third kappa shape index (κ3) is 3.85. The fraction of sp³-hybridized carbons (Fsp3) is 0.667. The Balaban J connectivity index is 1.62. The first-order valence-electron chi connectivity index (χ1n) is 8.36. The lowest BCUT2D eigenvalue weighted by Crippen LogP contribution is -2.36. The summed E-state index contributed by atoms with van der Waals surface area (Å²) in [4.78, 5) is 2.41. The van der Waals surface area contributed by atoms with Crippen molar-refractivity contribution in [3.63, 3.8) is 0 Å². The van der Waals surface area contributed by atoms with Gasteiger partial charge in [0.05, 0.1) is 6.61 Å². The van der Waals surface area contributed by atoms with Crippen molar-refractivity contribution in [2.75, 3.05) is 33.4 Å². The highest BCUT2D eigenvalue weighted by molar-refractivity contribution is 5.29. The van der Waals surface area contributed by atoms with E-state index in [4.69, 9.17) is 10.5 Å². The van der Waals surface area contributed by atoms with Crippen LogP contribution in [0.1, 0.15) is 48.8 Å². The molecule has 1 saturated carbocycles. The van der Waals surface area contributed by atoms with Crippen molar-refractivity contribution < 1.29 is 4.74 Å². The predicted octanol–water partition coefficient (Wildman–Crippen LogP) is 2.92. The molecule has 3 nitrogen and oxygen atoms in total. The average Bonchev–Trinajstić information content (AvgIpc) is 3.34. The molecular formula is C18H28N2O. The van der Waals surface area contributed by atoms with Gasteiger partial charge in [-0.3, -0.25) is 4.90 Å². The Bertz CT molecular complexity index is 435. The second kappa shape index (κ2) is 6.91. The van der Waals surface area contributed by atoms with E-state index in [1.54, 1.807) is 0 Å². The molecule has 2 aliphatic rings. The highest BCUT2D eigenvalue weighted by Crippen LogP contribution is 2.40. The first kappa shape index (κ1) is 15.0. The number of ether oxygens (including phenoxy) is 1. The standard InChI is InChI=1S/C18H28N2O/c1-20(12-14-3-2-10-21-13-14)18(11-19)17-8-6-16(7-9-17)15-4-5-15/h6-9,14-15,18H,2-5,10-13,19H2,1H3. The molecule has 0 amide bonds. The van der Waals surface area contributed by atoms with Crippen LogP contribution in [-0.4, -0.2) is 38.3 Å². The Morgan fingerprint density at radius 2 is 2.00 bits per heavy atom. The van der Waals surface area contributed by atoms with Crippen molar-refractivity contribution in [3.05, 3.63) is 35.4 Å². The van der Waals surface area contributed by atoms with Crippen LogP contribution in [0.25, 0.3) is 0 Å². The molecule has 1 aliphatic carbocycles. The van der Waals surface area contributed by atoms with Crippen LogP contribution in [0, 0.1) is 5.92 Å². The number of hydrogen-bond acceptors (Lipinski definition) is 3. The summed E-state index contributed by atoms with van der Waals surface area (Å²) in [7, 11) is 2.20. The number of nitrogens with zero attached hydrogens (tertiary/aromatic N) is 1. The Morgan fingerprint density at radius 1 is 1.24 bits per heavy atom. The summed E-state index contributed by atoms with van der Waals surface area (Å²) in [6, 6.07) is 9.47. The van der Waals surface area contributed by atoms with Crippen LogP contribution >= 0.6 is 0 Å². The number of nitrogens with two attached hydrogens (primary N) is 1. The number of hydrogen-bond donors (Lipinski definition) is 1. The fourth-order valence-corrected chi connectivity index (χ4v) is 3.46. The molecule has 3 rings (SSSR count). The first-order chi connectivity index (χ1) is 10.3. The lowest BCUT2D eigenvalue weighted by Gasteiger charge is -2.32. The van der Waals surface area contributed by atoms with E-state index in [1.165, 1.54) is 36.8 Å². The topological polar surface area (TPSA) is 38.5 Å². The molecule has 2 atom stereocenters. The van der Waals surface area contributed by atoms with Gasteiger partial charge in [-0.2, -0.15) is 0 Å². The molecule has 21 heavy (non-hydrogen) atoms. The zero-order valence-corrected chi connectivity index (χ0v) is 13.1. The van der Waals surface area contributed by atoms with Crippen LogP contribution < -0.4 is 5.73 Å². The average molecular weight is 288 g/mol. The van der Waals surface area contributed by atoms with Crippen LogP contribution in [-0.2, 0) is 4.74 Å². The van der Waals surface area contributed by atoms with Gasteiger partial charge in [0.25, 0.3) is 0 Å².